The van der Waals surface area contributed by atoms with E-state index in [0.717, 1.165) is 0 Å². The lowest BCUT2D eigenvalue weighted by molar-refractivity contribution is -0.182. The maximum atomic E-state index is 13.1. The molecule has 216 valence electrons. The van der Waals surface area contributed by atoms with Crippen LogP contribution in [-0.2, 0) is 19.1 Å². The number of phenols is 1. The van der Waals surface area contributed by atoms with Crippen LogP contribution in [0.25, 0.3) is 11.1 Å². The summed E-state index contributed by atoms with van der Waals surface area (Å²) in [5.74, 6) is -1.68. The van der Waals surface area contributed by atoms with Crippen LogP contribution >= 0.6 is 0 Å². The predicted octanol–water partition coefficient (Wildman–Crippen LogP) is 4.37. The molecule has 2 aliphatic rings. The third kappa shape index (κ3) is 4.53. The molecule has 0 aromatic heterocycles. The second kappa shape index (κ2) is 10.8. The molecule has 1 aliphatic heterocycles. The Hall–Kier alpha value is -4.12. The van der Waals surface area contributed by atoms with Crippen molar-refractivity contribution in [1.29, 1.82) is 0 Å². The summed E-state index contributed by atoms with van der Waals surface area (Å²) in [4.78, 5) is 25.5. The van der Waals surface area contributed by atoms with Crippen molar-refractivity contribution in [3.63, 3.8) is 0 Å². The second-order valence-corrected chi connectivity index (χ2v) is 9.83. The van der Waals surface area contributed by atoms with Crippen LogP contribution in [0.5, 0.6) is 34.5 Å². The minimum absolute atomic E-state index is 0.0149. The van der Waals surface area contributed by atoms with E-state index < -0.39 is 35.7 Å². The van der Waals surface area contributed by atoms with E-state index in [0.29, 0.717) is 16.9 Å². The van der Waals surface area contributed by atoms with E-state index >= 15 is 0 Å². The molecule has 4 atom stereocenters. The van der Waals surface area contributed by atoms with E-state index in [2.05, 4.69) is 0 Å². The number of aliphatic hydroxyl groups is 1. The monoisotopic (exact) mass is 558 g/mol. The molecule has 11 heteroatoms. The lowest BCUT2D eigenvalue weighted by Gasteiger charge is -2.43. The summed E-state index contributed by atoms with van der Waals surface area (Å²) < 4.78 is 39.9. The molecule has 11 nitrogen and oxygen atoms in total. The number of ether oxygens (including phenoxy) is 7. The summed E-state index contributed by atoms with van der Waals surface area (Å²) in [5, 5.41) is 23.9. The Balaban J connectivity index is 2.22. The number of allylic oxidation sites excluding steroid dienone is 1. The fourth-order valence-corrected chi connectivity index (χ4v) is 5.15. The number of carbonyl (C=O) groups excluding carboxylic acids is 2. The van der Waals surface area contributed by atoms with Gasteiger partial charge in [-0.15, -0.1) is 0 Å². The van der Waals surface area contributed by atoms with E-state index in [1.54, 1.807) is 32.9 Å². The Kier molecular flexibility index (Phi) is 7.80. The van der Waals surface area contributed by atoms with Gasteiger partial charge >= 0.3 is 11.9 Å². The zero-order chi connectivity index (χ0) is 29.5. The molecular formula is C29H34O11. The van der Waals surface area contributed by atoms with Gasteiger partial charge in [0.15, 0.2) is 29.1 Å². The smallest absolute Gasteiger partial charge is 0.334 e. The van der Waals surface area contributed by atoms with E-state index in [4.69, 9.17) is 33.2 Å². The van der Waals surface area contributed by atoms with Crippen molar-refractivity contribution in [2.75, 3.05) is 28.1 Å². The van der Waals surface area contributed by atoms with Gasteiger partial charge in [0.25, 0.3) is 0 Å². The van der Waals surface area contributed by atoms with E-state index in [9.17, 15) is 19.8 Å². The minimum atomic E-state index is -1.86. The van der Waals surface area contributed by atoms with Gasteiger partial charge in [-0.05, 0) is 32.9 Å². The molecule has 0 radical (unpaired) electrons. The first-order chi connectivity index (χ1) is 18.9. The van der Waals surface area contributed by atoms with Crippen LogP contribution < -0.4 is 23.7 Å². The summed E-state index contributed by atoms with van der Waals surface area (Å²) >= 11 is 0. The van der Waals surface area contributed by atoms with Crippen molar-refractivity contribution in [3.8, 4) is 45.6 Å². The Morgan fingerprint density at radius 3 is 2.25 bits per heavy atom. The molecule has 2 N–H and O–H groups in total. The molecule has 0 bridgehead atoms. The van der Waals surface area contributed by atoms with Crippen molar-refractivity contribution in [2.24, 2.45) is 5.92 Å². The number of aromatic hydroxyl groups is 1. The van der Waals surface area contributed by atoms with Gasteiger partial charge in [0, 0.05) is 40.7 Å². The molecule has 0 saturated carbocycles. The van der Waals surface area contributed by atoms with Crippen molar-refractivity contribution in [3.05, 3.63) is 34.9 Å². The Morgan fingerprint density at radius 2 is 1.68 bits per heavy atom. The van der Waals surface area contributed by atoms with E-state index in [1.165, 1.54) is 41.2 Å². The molecule has 0 saturated heterocycles. The van der Waals surface area contributed by atoms with Crippen molar-refractivity contribution >= 4 is 11.9 Å². The average molecular weight is 559 g/mol. The number of carbonyl (C=O) groups is 2. The molecule has 0 spiro atoms. The lowest BCUT2D eigenvalue weighted by Crippen LogP contribution is -2.46. The normalized spacial score (nSPS) is 23.2. The summed E-state index contributed by atoms with van der Waals surface area (Å²) in [6, 6.07) is 3.15. The first-order valence-corrected chi connectivity index (χ1v) is 12.6. The number of methoxy groups -OCH3 is 3. The van der Waals surface area contributed by atoms with Crippen LogP contribution in [-0.4, -0.2) is 55.9 Å². The molecule has 1 aliphatic carbocycles. The minimum Gasteiger partial charge on any atom is -0.504 e. The van der Waals surface area contributed by atoms with Crippen LogP contribution in [0.3, 0.4) is 0 Å². The van der Waals surface area contributed by atoms with Crippen molar-refractivity contribution in [2.45, 2.75) is 52.4 Å². The highest BCUT2D eigenvalue weighted by atomic mass is 16.7. The fraction of sp³-hybridized carbons (Fsp3) is 0.448. The molecule has 40 heavy (non-hydrogen) atoms. The molecule has 1 heterocycles. The maximum absolute atomic E-state index is 13.1. The first-order valence-electron chi connectivity index (χ1n) is 12.6. The van der Waals surface area contributed by atoms with Crippen LogP contribution in [0, 0.1) is 5.92 Å². The van der Waals surface area contributed by atoms with Gasteiger partial charge in [0.2, 0.25) is 18.3 Å². The third-order valence-electron chi connectivity index (χ3n) is 7.55. The molecule has 2 aromatic carbocycles. The number of phenolic OH excluding ortho intramolecular Hbond substituents is 1. The van der Waals surface area contributed by atoms with Gasteiger partial charge in [-0.1, -0.05) is 13.0 Å². The summed E-state index contributed by atoms with van der Waals surface area (Å²) in [6.07, 6.45) is -0.903. The topological polar surface area (TPSA) is 139 Å². The number of hydrogen-bond donors (Lipinski definition) is 2. The fourth-order valence-electron chi connectivity index (χ4n) is 5.15. The zero-order valence-corrected chi connectivity index (χ0v) is 23.7. The quantitative estimate of drug-likeness (QED) is 0.386. The second-order valence-electron chi connectivity index (χ2n) is 9.83. The standard InChI is InChI=1S/C29H34O11/c1-9-13(2)28(32)40-27-17-11-18(34-6)24(35-7)22(31)20(17)21-16(10-19-25(26(21)36-8)38-12-37-19)23(39-15(4)30)14(3)29(27,5)33/h9-11,14,23,27,31,33H,12H2,1-8H3/b13-9-/t14-,23?,27+,29+/m1/s1. The third-order valence-corrected chi connectivity index (χ3v) is 7.55. The lowest BCUT2D eigenvalue weighted by atomic mass is 9.71. The van der Waals surface area contributed by atoms with Gasteiger partial charge in [0.05, 0.1) is 21.3 Å². The van der Waals surface area contributed by atoms with E-state index in [1.807, 2.05) is 0 Å². The number of esters is 2. The molecular weight excluding hydrogens is 524 g/mol. The molecule has 1 unspecified atom stereocenters. The Morgan fingerprint density at radius 1 is 1.00 bits per heavy atom. The molecule has 0 amide bonds. The van der Waals surface area contributed by atoms with Crippen LogP contribution in [0.15, 0.2) is 23.8 Å². The van der Waals surface area contributed by atoms with Gasteiger partial charge in [-0.2, -0.15) is 0 Å². The van der Waals surface area contributed by atoms with Gasteiger partial charge in [-0.25, -0.2) is 4.79 Å². The molecule has 4 rings (SSSR count). The van der Waals surface area contributed by atoms with E-state index in [-0.39, 0.29) is 52.2 Å². The average Bonchev–Trinajstić information content (AvgIpc) is 3.40. The number of benzene rings is 2. The maximum Gasteiger partial charge on any atom is 0.334 e. The SMILES string of the molecule is C/C=C(/C)C(=O)O[C@H]1c2cc(OC)c(OC)c(O)c2-c2c(cc3c(c2OC)OCO3)C(OC(C)=O)[C@@H](C)[C@]1(C)O. The number of rotatable bonds is 6. The summed E-state index contributed by atoms with van der Waals surface area (Å²) in [5.41, 5.74) is -0.618. The van der Waals surface area contributed by atoms with Crippen molar-refractivity contribution < 1.29 is 53.0 Å². The molecule has 0 fully saturated rings. The Bertz CT molecular complexity index is 1380. The van der Waals surface area contributed by atoms with Crippen LogP contribution in [0.2, 0.25) is 0 Å². The zero-order valence-electron chi connectivity index (χ0n) is 23.7. The predicted molar refractivity (Wildman–Crippen MR) is 142 cm³/mol. The van der Waals surface area contributed by atoms with Crippen LogP contribution in [0.1, 0.15) is 58.0 Å². The Labute approximate surface area is 232 Å². The van der Waals surface area contributed by atoms with Crippen molar-refractivity contribution in [1.82, 2.24) is 0 Å². The molecule has 2 aromatic rings. The highest BCUT2D eigenvalue weighted by Gasteiger charge is 2.51. The number of hydrogen-bond acceptors (Lipinski definition) is 11. The highest BCUT2D eigenvalue weighted by Crippen LogP contribution is 2.61. The number of fused-ring (bicyclic) bond motifs is 4. The first kappa shape index (κ1) is 28.9. The summed E-state index contributed by atoms with van der Waals surface area (Å²) in [6.45, 7) is 7.57. The highest BCUT2D eigenvalue weighted by molar-refractivity contribution is 5.91. The van der Waals surface area contributed by atoms with Crippen LogP contribution in [0.4, 0.5) is 0 Å². The van der Waals surface area contributed by atoms with Gasteiger partial charge < -0.3 is 43.4 Å². The summed E-state index contributed by atoms with van der Waals surface area (Å²) in [7, 11) is 4.17. The van der Waals surface area contributed by atoms with Gasteiger partial charge in [0.1, 0.15) is 11.7 Å². The van der Waals surface area contributed by atoms with Gasteiger partial charge in [-0.3, -0.25) is 4.79 Å². The largest absolute Gasteiger partial charge is 0.504 e.